The number of nitrogens with one attached hydrogen (secondary N) is 1. The Hall–Kier alpha value is -3.47. The second-order valence-corrected chi connectivity index (χ2v) is 6.39. The molecule has 2 aromatic carbocycles. The van der Waals surface area contributed by atoms with E-state index in [2.05, 4.69) is 15.0 Å². The van der Waals surface area contributed by atoms with Gasteiger partial charge in [0.25, 0.3) is 5.91 Å². The summed E-state index contributed by atoms with van der Waals surface area (Å²) in [5.41, 5.74) is 4.67. The van der Waals surface area contributed by atoms with E-state index in [0.717, 1.165) is 16.8 Å². The maximum absolute atomic E-state index is 12.5. The van der Waals surface area contributed by atoms with Crippen LogP contribution >= 0.6 is 0 Å². The lowest BCUT2D eigenvalue weighted by molar-refractivity contribution is 0.0600. The molecule has 0 atom stereocenters. The van der Waals surface area contributed by atoms with E-state index in [4.69, 9.17) is 0 Å². The second kappa shape index (κ2) is 8.95. The van der Waals surface area contributed by atoms with Gasteiger partial charge >= 0.3 is 5.97 Å². The number of hydrogen-bond donors (Lipinski definition) is 1. The van der Waals surface area contributed by atoms with Crippen molar-refractivity contribution >= 4 is 11.9 Å². The quantitative estimate of drug-likeness (QED) is 0.666. The van der Waals surface area contributed by atoms with E-state index in [0.29, 0.717) is 29.8 Å². The summed E-state index contributed by atoms with van der Waals surface area (Å²) in [5, 5.41) is 2.93. The van der Waals surface area contributed by atoms with Gasteiger partial charge in [0.15, 0.2) is 0 Å². The predicted molar refractivity (Wildman–Crippen MR) is 108 cm³/mol. The fraction of sp³-hybridized carbons (Fsp3) is 0.174. The van der Waals surface area contributed by atoms with Crippen molar-refractivity contribution in [2.45, 2.75) is 13.3 Å². The molecule has 1 N–H and O–H groups in total. The van der Waals surface area contributed by atoms with Gasteiger partial charge in [0.1, 0.15) is 0 Å². The van der Waals surface area contributed by atoms with Crippen LogP contribution in [0.15, 0.2) is 66.7 Å². The van der Waals surface area contributed by atoms with Crippen molar-refractivity contribution in [3.63, 3.8) is 0 Å². The smallest absolute Gasteiger partial charge is 0.337 e. The average Bonchev–Trinajstić information content (AvgIpc) is 2.74. The molecule has 5 heteroatoms. The molecule has 0 radical (unpaired) electrons. The van der Waals surface area contributed by atoms with Gasteiger partial charge in [0.2, 0.25) is 0 Å². The number of nitrogens with zero attached hydrogens (tertiary/aromatic N) is 1. The Morgan fingerprint density at radius 3 is 2.32 bits per heavy atom. The van der Waals surface area contributed by atoms with Crippen molar-refractivity contribution in [2.75, 3.05) is 13.7 Å². The number of aryl methyl sites for hydroxylation is 1. The number of rotatable bonds is 6. The lowest BCUT2D eigenvalue weighted by atomic mass is 10.1. The second-order valence-electron chi connectivity index (χ2n) is 6.39. The van der Waals surface area contributed by atoms with Crippen LogP contribution in [0.5, 0.6) is 0 Å². The van der Waals surface area contributed by atoms with Gasteiger partial charge in [-0.3, -0.25) is 9.78 Å². The fourth-order valence-corrected chi connectivity index (χ4v) is 2.91. The van der Waals surface area contributed by atoms with Crippen LogP contribution in [-0.4, -0.2) is 30.5 Å². The van der Waals surface area contributed by atoms with Gasteiger partial charge in [-0.15, -0.1) is 0 Å². The van der Waals surface area contributed by atoms with Crippen molar-refractivity contribution in [3.8, 4) is 11.3 Å². The standard InChI is InChI=1S/C23H22N2O3/c1-16-20(12-13-21(25-16)18-6-4-3-5-7-18)22(26)24-15-14-17-8-10-19(11-9-17)23(27)28-2/h3-13H,14-15H2,1-2H3,(H,24,26). The van der Waals surface area contributed by atoms with E-state index in [9.17, 15) is 9.59 Å². The molecule has 28 heavy (non-hydrogen) atoms. The summed E-state index contributed by atoms with van der Waals surface area (Å²) in [7, 11) is 1.36. The number of hydrogen-bond acceptors (Lipinski definition) is 4. The molecule has 0 spiro atoms. The minimum absolute atomic E-state index is 0.143. The Labute approximate surface area is 164 Å². The largest absolute Gasteiger partial charge is 0.465 e. The summed E-state index contributed by atoms with van der Waals surface area (Å²) in [4.78, 5) is 28.5. The fourth-order valence-electron chi connectivity index (χ4n) is 2.91. The number of pyridine rings is 1. The van der Waals surface area contributed by atoms with E-state index >= 15 is 0 Å². The van der Waals surface area contributed by atoms with E-state index in [1.54, 1.807) is 12.1 Å². The Morgan fingerprint density at radius 2 is 1.68 bits per heavy atom. The van der Waals surface area contributed by atoms with Gasteiger partial charge < -0.3 is 10.1 Å². The number of amides is 1. The molecule has 0 saturated carbocycles. The normalized spacial score (nSPS) is 10.4. The number of benzene rings is 2. The summed E-state index contributed by atoms with van der Waals surface area (Å²) < 4.78 is 4.68. The number of esters is 1. The minimum Gasteiger partial charge on any atom is -0.465 e. The molecule has 1 aromatic heterocycles. The van der Waals surface area contributed by atoms with Crippen molar-refractivity contribution in [1.29, 1.82) is 0 Å². The summed E-state index contributed by atoms with van der Waals surface area (Å²) in [6, 6.07) is 20.7. The number of aromatic nitrogens is 1. The topological polar surface area (TPSA) is 68.3 Å². The minimum atomic E-state index is -0.359. The molecule has 0 aliphatic heterocycles. The van der Waals surface area contributed by atoms with E-state index in [1.165, 1.54) is 7.11 Å². The zero-order chi connectivity index (χ0) is 19.9. The monoisotopic (exact) mass is 374 g/mol. The third kappa shape index (κ3) is 4.62. The van der Waals surface area contributed by atoms with E-state index in [1.807, 2.05) is 61.5 Å². The highest BCUT2D eigenvalue weighted by molar-refractivity contribution is 5.95. The summed E-state index contributed by atoms with van der Waals surface area (Å²) in [6.07, 6.45) is 0.668. The molecule has 5 nitrogen and oxygen atoms in total. The highest BCUT2D eigenvalue weighted by Gasteiger charge is 2.11. The van der Waals surface area contributed by atoms with Gasteiger partial charge in [-0.2, -0.15) is 0 Å². The van der Waals surface area contributed by atoms with Crippen molar-refractivity contribution in [3.05, 3.63) is 89.1 Å². The third-order valence-corrected chi connectivity index (χ3v) is 4.47. The van der Waals surface area contributed by atoms with Gasteiger partial charge in [-0.25, -0.2) is 4.79 Å². The first-order valence-electron chi connectivity index (χ1n) is 9.07. The van der Waals surface area contributed by atoms with E-state index < -0.39 is 0 Å². The van der Waals surface area contributed by atoms with Crippen molar-refractivity contribution in [1.82, 2.24) is 10.3 Å². The molecule has 3 rings (SSSR count). The summed E-state index contributed by atoms with van der Waals surface area (Å²) in [6.45, 7) is 2.34. The molecule has 0 fully saturated rings. The van der Waals surface area contributed by atoms with Gasteiger partial charge in [0.05, 0.1) is 29.6 Å². The lowest BCUT2D eigenvalue weighted by Gasteiger charge is -2.09. The molecule has 1 heterocycles. The van der Waals surface area contributed by atoms with Crippen LogP contribution in [0, 0.1) is 6.92 Å². The number of carbonyl (C=O) groups excluding carboxylic acids is 2. The Balaban J connectivity index is 1.58. The number of ether oxygens (including phenoxy) is 1. The first-order chi connectivity index (χ1) is 13.6. The molecule has 142 valence electrons. The van der Waals surface area contributed by atoms with Crippen molar-refractivity contribution in [2.24, 2.45) is 0 Å². The van der Waals surface area contributed by atoms with Crippen LogP contribution in [-0.2, 0) is 11.2 Å². The highest BCUT2D eigenvalue weighted by Crippen LogP contribution is 2.18. The summed E-state index contributed by atoms with van der Waals surface area (Å²) in [5.74, 6) is -0.502. The lowest BCUT2D eigenvalue weighted by Crippen LogP contribution is -2.26. The molecular formula is C23H22N2O3. The Morgan fingerprint density at radius 1 is 0.964 bits per heavy atom. The van der Waals surface area contributed by atoms with Gasteiger partial charge in [0, 0.05) is 12.1 Å². The Kier molecular flexibility index (Phi) is 6.17. The predicted octanol–water partition coefficient (Wildman–Crippen LogP) is 3.82. The average molecular weight is 374 g/mol. The zero-order valence-corrected chi connectivity index (χ0v) is 15.9. The van der Waals surface area contributed by atoms with Gasteiger partial charge in [-0.05, 0) is 43.2 Å². The maximum Gasteiger partial charge on any atom is 0.337 e. The summed E-state index contributed by atoms with van der Waals surface area (Å²) >= 11 is 0. The number of carbonyl (C=O) groups is 2. The molecule has 0 unspecified atom stereocenters. The maximum atomic E-state index is 12.5. The molecule has 0 aliphatic rings. The first kappa shape index (κ1) is 19.3. The van der Waals surface area contributed by atoms with E-state index in [-0.39, 0.29) is 11.9 Å². The van der Waals surface area contributed by atoms with Crippen LogP contribution in [0.1, 0.15) is 32.0 Å². The molecule has 0 bridgehead atoms. The third-order valence-electron chi connectivity index (χ3n) is 4.47. The molecule has 0 saturated heterocycles. The zero-order valence-electron chi connectivity index (χ0n) is 15.9. The van der Waals surface area contributed by atoms with Crippen LogP contribution in [0.4, 0.5) is 0 Å². The first-order valence-corrected chi connectivity index (χ1v) is 9.07. The van der Waals surface area contributed by atoms with Crippen LogP contribution < -0.4 is 5.32 Å². The molecular weight excluding hydrogens is 352 g/mol. The van der Waals surface area contributed by atoms with Crippen LogP contribution in [0.25, 0.3) is 11.3 Å². The Bertz CT molecular complexity index is 967. The molecule has 3 aromatic rings. The van der Waals surface area contributed by atoms with Crippen LogP contribution in [0.3, 0.4) is 0 Å². The SMILES string of the molecule is COC(=O)c1ccc(CCNC(=O)c2ccc(-c3ccccc3)nc2C)cc1. The molecule has 0 aliphatic carbocycles. The van der Waals surface area contributed by atoms with Crippen molar-refractivity contribution < 1.29 is 14.3 Å². The molecule has 1 amide bonds. The van der Waals surface area contributed by atoms with Gasteiger partial charge in [-0.1, -0.05) is 42.5 Å². The number of methoxy groups -OCH3 is 1. The highest BCUT2D eigenvalue weighted by atomic mass is 16.5. The van der Waals surface area contributed by atoms with Crippen LogP contribution in [0.2, 0.25) is 0 Å².